The van der Waals surface area contributed by atoms with Gasteiger partial charge in [-0.2, -0.15) is 0 Å². The molecule has 168 valence electrons. The van der Waals surface area contributed by atoms with Gasteiger partial charge >= 0.3 is 0 Å². The zero-order valence-electron chi connectivity index (χ0n) is 18.7. The molecule has 1 saturated carbocycles. The molecule has 4 aliphatic carbocycles. The van der Waals surface area contributed by atoms with Gasteiger partial charge in [0.15, 0.2) is 5.88 Å². The normalized spacial score (nSPS) is 32.4. The van der Waals surface area contributed by atoms with Crippen molar-refractivity contribution >= 4 is 11.9 Å². The maximum Gasteiger partial charge on any atom is 0.190 e. The molecule has 4 nitrogen and oxygen atoms in total. The number of aliphatic hydroxyl groups is 1. The average molecular weight is 439 g/mol. The van der Waals surface area contributed by atoms with Crippen LogP contribution in [0.15, 0.2) is 95.4 Å². The molecule has 4 heteroatoms. The number of benzene rings is 1. The lowest BCUT2D eigenvalue weighted by Gasteiger charge is -2.36. The first-order chi connectivity index (χ1) is 16.3. The summed E-state index contributed by atoms with van der Waals surface area (Å²) in [6, 6.07) is 8.52. The van der Waals surface area contributed by atoms with Crippen molar-refractivity contribution < 1.29 is 9.84 Å². The number of nitrogens with zero attached hydrogens (tertiary/aromatic N) is 1. The Morgan fingerprint density at radius 2 is 1.61 bits per heavy atom. The molecule has 5 atom stereocenters. The molecule has 1 aromatic carbocycles. The predicted molar refractivity (Wildman–Crippen MR) is 132 cm³/mol. The molecule has 1 fully saturated rings. The zero-order chi connectivity index (χ0) is 22.2. The van der Waals surface area contributed by atoms with E-state index >= 15 is 0 Å². The van der Waals surface area contributed by atoms with Crippen LogP contribution in [0.3, 0.4) is 0 Å². The molecule has 0 aromatic heterocycles. The highest BCUT2D eigenvalue weighted by Gasteiger charge is 2.35. The van der Waals surface area contributed by atoms with Gasteiger partial charge in [0.1, 0.15) is 11.9 Å². The van der Waals surface area contributed by atoms with E-state index in [0.717, 1.165) is 24.6 Å². The number of ether oxygens (including phenoxy) is 1. The fourth-order valence-electron chi connectivity index (χ4n) is 5.70. The molecule has 1 aliphatic heterocycles. The van der Waals surface area contributed by atoms with Gasteiger partial charge in [-0.15, -0.1) is 0 Å². The third kappa shape index (κ3) is 3.93. The Hall–Kier alpha value is -3.11. The molecule has 0 spiro atoms. The van der Waals surface area contributed by atoms with Crippen molar-refractivity contribution in [1.29, 1.82) is 0 Å². The number of aliphatic imine (C=N–C) groups is 1. The second-order valence-electron chi connectivity index (χ2n) is 9.52. The Bertz CT molecular complexity index is 1130. The van der Waals surface area contributed by atoms with E-state index in [2.05, 4.69) is 66.0 Å². The molecule has 33 heavy (non-hydrogen) atoms. The number of amidine groups is 1. The minimum atomic E-state index is -0.598. The molecule has 1 heterocycles. The van der Waals surface area contributed by atoms with Crippen LogP contribution in [0.4, 0.5) is 0 Å². The minimum absolute atomic E-state index is 0.138. The number of aliphatic hydroxyl groups excluding tert-OH is 1. The smallest absolute Gasteiger partial charge is 0.190 e. The van der Waals surface area contributed by atoms with Crippen LogP contribution in [0.5, 0.6) is 0 Å². The van der Waals surface area contributed by atoms with Crippen molar-refractivity contribution in [1.82, 2.24) is 5.32 Å². The highest BCUT2D eigenvalue weighted by atomic mass is 16.5. The van der Waals surface area contributed by atoms with Crippen LogP contribution in [0.1, 0.15) is 42.7 Å². The summed E-state index contributed by atoms with van der Waals surface area (Å²) in [6.45, 7) is 0. The number of fused-ring (bicyclic) bond motifs is 3. The first-order valence-electron chi connectivity index (χ1n) is 12.2. The zero-order valence-corrected chi connectivity index (χ0v) is 18.7. The van der Waals surface area contributed by atoms with Crippen LogP contribution < -0.4 is 5.32 Å². The highest BCUT2D eigenvalue weighted by Crippen LogP contribution is 2.44. The summed E-state index contributed by atoms with van der Waals surface area (Å²) >= 11 is 0. The van der Waals surface area contributed by atoms with E-state index in [9.17, 15) is 5.11 Å². The summed E-state index contributed by atoms with van der Waals surface area (Å²) < 4.78 is 6.42. The summed E-state index contributed by atoms with van der Waals surface area (Å²) in [5, 5.41) is 14.1. The summed E-state index contributed by atoms with van der Waals surface area (Å²) in [6.07, 6.45) is 25.3. The van der Waals surface area contributed by atoms with Gasteiger partial charge in [0.2, 0.25) is 0 Å². The highest BCUT2D eigenvalue weighted by molar-refractivity contribution is 5.90. The number of rotatable bonds is 4. The molecule has 5 unspecified atom stereocenters. The lowest BCUT2D eigenvalue weighted by Crippen LogP contribution is -2.42. The first kappa shape index (κ1) is 20.5. The van der Waals surface area contributed by atoms with Crippen molar-refractivity contribution in [2.75, 3.05) is 0 Å². The fraction of sp³-hybridized carbons (Fsp3) is 0.345. The molecule has 0 amide bonds. The lowest BCUT2D eigenvalue weighted by molar-refractivity contribution is 0.110. The largest absolute Gasteiger partial charge is 0.476 e. The number of allylic oxidation sites excluding steroid dienone is 6. The van der Waals surface area contributed by atoms with Gasteiger partial charge in [-0.3, -0.25) is 4.99 Å². The lowest BCUT2D eigenvalue weighted by atomic mass is 9.71. The van der Waals surface area contributed by atoms with Crippen LogP contribution in [-0.2, 0) is 4.74 Å². The third-order valence-corrected chi connectivity index (χ3v) is 7.39. The monoisotopic (exact) mass is 438 g/mol. The summed E-state index contributed by atoms with van der Waals surface area (Å²) in [7, 11) is 0. The molecule has 0 radical (unpaired) electrons. The van der Waals surface area contributed by atoms with Gasteiger partial charge in [0, 0.05) is 17.9 Å². The number of hydrogen-bond acceptors (Lipinski definition) is 4. The van der Waals surface area contributed by atoms with E-state index in [1.807, 2.05) is 24.3 Å². The Morgan fingerprint density at radius 3 is 2.42 bits per heavy atom. The SMILES string of the molecule is OC1C=CC=CC1C1=NC(C2=Cc3ccccc3C3C=CC=CC23)C=C(OC2CCCC2)N1. The van der Waals surface area contributed by atoms with Crippen LogP contribution >= 0.6 is 0 Å². The second-order valence-corrected chi connectivity index (χ2v) is 9.52. The van der Waals surface area contributed by atoms with Crippen molar-refractivity contribution in [2.45, 2.75) is 49.9 Å². The van der Waals surface area contributed by atoms with E-state index in [1.165, 1.54) is 29.5 Å². The van der Waals surface area contributed by atoms with E-state index in [-0.39, 0.29) is 24.0 Å². The van der Waals surface area contributed by atoms with Gasteiger partial charge in [-0.1, -0.05) is 78.9 Å². The molecule has 2 N–H and O–H groups in total. The van der Waals surface area contributed by atoms with Crippen LogP contribution in [-0.4, -0.2) is 29.2 Å². The van der Waals surface area contributed by atoms with Crippen molar-refractivity contribution in [2.24, 2.45) is 16.8 Å². The van der Waals surface area contributed by atoms with Gasteiger partial charge in [-0.05, 0) is 42.4 Å². The average Bonchev–Trinajstić information content (AvgIpc) is 3.36. The summed E-state index contributed by atoms with van der Waals surface area (Å²) in [4.78, 5) is 5.15. The van der Waals surface area contributed by atoms with E-state index in [4.69, 9.17) is 9.73 Å². The van der Waals surface area contributed by atoms with Gasteiger partial charge in [0.05, 0.1) is 18.1 Å². The molecular formula is C29H30N2O2. The number of nitrogens with one attached hydrogen (secondary N) is 1. The van der Waals surface area contributed by atoms with Gasteiger partial charge in [0.25, 0.3) is 0 Å². The third-order valence-electron chi connectivity index (χ3n) is 7.39. The Labute approximate surface area is 195 Å². The molecule has 6 rings (SSSR count). The van der Waals surface area contributed by atoms with Crippen molar-refractivity contribution in [3.8, 4) is 0 Å². The van der Waals surface area contributed by atoms with Gasteiger partial charge < -0.3 is 15.2 Å². The van der Waals surface area contributed by atoms with Crippen molar-refractivity contribution in [3.05, 3.63) is 102 Å². The van der Waals surface area contributed by atoms with Crippen LogP contribution in [0, 0.1) is 11.8 Å². The predicted octanol–water partition coefficient (Wildman–Crippen LogP) is 5.18. The first-order valence-corrected chi connectivity index (χ1v) is 12.2. The summed E-state index contributed by atoms with van der Waals surface area (Å²) in [5.74, 6) is 1.92. The van der Waals surface area contributed by atoms with E-state index in [1.54, 1.807) is 0 Å². The molecular weight excluding hydrogens is 408 g/mol. The molecule has 0 bridgehead atoms. The standard InChI is InChI=1S/C29H30N2O2/c32-27-16-8-7-15-24(27)29-30-26(18-28(31-29)33-20-10-2-3-11-20)25-17-19-9-1-4-12-21(19)22-13-5-6-14-23(22)25/h1,4-9,12-18,20,22-24,26-27,32H,2-3,10-11H2,(H,30,31). The second kappa shape index (κ2) is 8.68. The minimum Gasteiger partial charge on any atom is -0.476 e. The van der Waals surface area contributed by atoms with E-state index < -0.39 is 6.10 Å². The molecule has 0 saturated heterocycles. The summed E-state index contributed by atoms with van der Waals surface area (Å²) in [5.41, 5.74) is 3.90. The van der Waals surface area contributed by atoms with Crippen molar-refractivity contribution in [3.63, 3.8) is 0 Å². The molecule has 1 aromatic rings. The van der Waals surface area contributed by atoms with Crippen LogP contribution in [0.2, 0.25) is 0 Å². The Morgan fingerprint density at radius 1 is 0.879 bits per heavy atom. The number of hydrogen-bond donors (Lipinski definition) is 2. The quantitative estimate of drug-likeness (QED) is 0.681. The van der Waals surface area contributed by atoms with Crippen LogP contribution in [0.25, 0.3) is 6.08 Å². The maximum atomic E-state index is 10.7. The maximum absolute atomic E-state index is 10.7. The van der Waals surface area contributed by atoms with E-state index in [0.29, 0.717) is 5.92 Å². The fourth-order valence-corrected chi connectivity index (χ4v) is 5.70. The Balaban J connectivity index is 1.40. The van der Waals surface area contributed by atoms with Gasteiger partial charge in [-0.25, -0.2) is 0 Å². The topological polar surface area (TPSA) is 53.9 Å². The Kier molecular flexibility index (Phi) is 5.39. The molecule has 5 aliphatic rings.